The molecule has 34 heavy (non-hydrogen) atoms. The number of fused-ring (bicyclic) bond motifs is 4. The Hall–Kier alpha value is -3.66. The van der Waals surface area contributed by atoms with Crippen LogP contribution in [0.1, 0.15) is 19.4 Å². The topological polar surface area (TPSA) is 101 Å². The Kier molecular flexibility index (Phi) is 4.73. The third kappa shape index (κ3) is 3.37. The zero-order valence-corrected chi connectivity index (χ0v) is 19.5. The van der Waals surface area contributed by atoms with Crippen LogP contribution in [0.15, 0.2) is 54.1 Å². The van der Waals surface area contributed by atoms with Crippen LogP contribution in [0.3, 0.4) is 0 Å². The standard InChI is InChI=1S/C24H22FN7OS/c1-24(2)13-34(33)23-29-19-21(27-8-7-14-11-28-18-6-4-3-5-17(14)18)30-20(31-22(19)32(23)24)15-9-16(25)12-26-10-15/h3-6,9-12,28H,7-8,13H2,1-2H3,(H,27,30,31). The molecule has 4 aromatic heterocycles. The predicted octanol–water partition coefficient (Wildman–Crippen LogP) is 4.02. The van der Waals surface area contributed by atoms with Crippen LogP contribution in [0, 0.1) is 5.82 Å². The summed E-state index contributed by atoms with van der Waals surface area (Å²) in [6.45, 7) is 4.62. The summed E-state index contributed by atoms with van der Waals surface area (Å²) in [5, 5.41) is 5.06. The van der Waals surface area contributed by atoms with Crippen molar-refractivity contribution in [3.8, 4) is 11.4 Å². The highest BCUT2D eigenvalue weighted by Crippen LogP contribution is 2.36. The van der Waals surface area contributed by atoms with E-state index in [4.69, 9.17) is 4.98 Å². The average Bonchev–Trinajstić information content (AvgIpc) is 3.47. The summed E-state index contributed by atoms with van der Waals surface area (Å²) >= 11 is 0. The van der Waals surface area contributed by atoms with Crippen molar-refractivity contribution < 1.29 is 8.60 Å². The van der Waals surface area contributed by atoms with Crippen molar-refractivity contribution in [3.05, 3.63) is 60.3 Å². The number of imidazole rings is 1. The highest BCUT2D eigenvalue weighted by molar-refractivity contribution is 7.85. The maximum atomic E-state index is 13.9. The van der Waals surface area contributed by atoms with Gasteiger partial charge in [-0.15, -0.1) is 0 Å². The van der Waals surface area contributed by atoms with Gasteiger partial charge in [-0.05, 0) is 38.0 Å². The predicted molar refractivity (Wildman–Crippen MR) is 130 cm³/mol. The number of aromatic nitrogens is 6. The van der Waals surface area contributed by atoms with Crippen molar-refractivity contribution in [2.45, 2.75) is 31.0 Å². The molecule has 172 valence electrons. The molecular formula is C24H22FN7OS. The van der Waals surface area contributed by atoms with Gasteiger partial charge in [0.1, 0.15) is 5.82 Å². The molecule has 8 nitrogen and oxygen atoms in total. The molecule has 0 spiro atoms. The average molecular weight is 476 g/mol. The minimum atomic E-state index is -1.23. The molecule has 0 saturated carbocycles. The molecule has 0 fully saturated rings. The van der Waals surface area contributed by atoms with Crippen molar-refractivity contribution in [3.63, 3.8) is 0 Å². The molecular weight excluding hydrogens is 453 g/mol. The van der Waals surface area contributed by atoms with Crippen LogP contribution in [0.25, 0.3) is 33.5 Å². The number of benzene rings is 1. The number of pyridine rings is 1. The fourth-order valence-corrected chi connectivity index (χ4v) is 6.16. The molecule has 0 saturated heterocycles. The highest BCUT2D eigenvalue weighted by atomic mass is 32.2. The number of halogens is 1. The monoisotopic (exact) mass is 475 g/mol. The van der Waals surface area contributed by atoms with Gasteiger partial charge in [0.05, 0.1) is 28.3 Å². The number of nitrogens with one attached hydrogen (secondary N) is 2. The first-order valence-electron chi connectivity index (χ1n) is 11.0. The Morgan fingerprint density at radius 1 is 1.21 bits per heavy atom. The largest absolute Gasteiger partial charge is 0.368 e. The van der Waals surface area contributed by atoms with Crippen LogP contribution in [-0.2, 0) is 22.8 Å². The SMILES string of the molecule is CC1(C)CS(=O)c2nc3c(NCCc4c[nH]c5ccccc45)nc(-c4cncc(F)c4)nc3n21. The minimum Gasteiger partial charge on any atom is -0.368 e. The Morgan fingerprint density at radius 3 is 2.91 bits per heavy atom. The molecule has 0 radical (unpaired) electrons. The third-order valence-electron chi connectivity index (χ3n) is 6.09. The molecule has 1 aliphatic rings. The van der Waals surface area contributed by atoms with E-state index in [9.17, 15) is 8.60 Å². The lowest BCUT2D eigenvalue weighted by molar-refractivity contribution is 0.404. The van der Waals surface area contributed by atoms with Gasteiger partial charge >= 0.3 is 0 Å². The molecule has 5 heterocycles. The Labute approximate surface area is 197 Å². The number of hydrogen-bond donors (Lipinski definition) is 2. The van der Waals surface area contributed by atoms with E-state index < -0.39 is 22.2 Å². The summed E-state index contributed by atoms with van der Waals surface area (Å²) in [4.78, 5) is 21.3. The van der Waals surface area contributed by atoms with Gasteiger partial charge in [0, 0.05) is 35.4 Å². The number of nitrogens with zero attached hydrogens (tertiary/aromatic N) is 5. The van der Waals surface area contributed by atoms with Gasteiger partial charge in [-0.3, -0.25) is 13.8 Å². The van der Waals surface area contributed by atoms with Crippen LogP contribution in [-0.4, -0.2) is 46.0 Å². The molecule has 5 aromatic rings. The molecule has 0 aliphatic carbocycles. The van der Waals surface area contributed by atoms with E-state index in [1.165, 1.54) is 23.2 Å². The zero-order chi connectivity index (χ0) is 23.4. The van der Waals surface area contributed by atoms with E-state index in [-0.39, 0.29) is 0 Å². The lowest BCUT2D eigenvalue weighted by Crippen LogP contribution is -2.25. The summed E-state index contributed by atoms with van der Waals surface area (Å²) in [6, 6.07) is 9.53. The van der Waals surface area contributed by atoms with Crippen LogP contribution >= 0.6 is 0 Å². The zero-order valence-electron chi connectivity index (χ0n) is 18.7. The van der Waals surface area contributed by atoms with Crippen molar-refractivity contribution in [2.75, 3.05) is 17.6 Å². The number of rotatable bonds is 5. The van der Waals surface area contributed by atoms with Gasteiger partial charge in [0.25, 0.3) is 0 Å². The molecule has 2 N–H and O–H groups in total. The molecule has 1 atom stereocenters. The first-order chi connectivity index (χ1) is 16.4. The third-order valence-corrected chi connectivity index (χ3v) is 7.74. The number of para-hydroxylation sites is 1. The van der Waals surface area contributed by atoms with Gasteiger partial charge in [0.2, 0.25) is 5.16 Å². The Morgan fingerprint density at radius 2 is 2.06 bits per heavy atom. The molecule has 0 amide bonds. The molecule has 0 bridgehead atoms. The Bertz CT molecular complexity index is 1590. The smallest absolute Gasteiger partial charge is 0.202 e. The normalized spacial score (nSPS) is 16.9. The molecule has 10 heteroatoms. The van der Waals surface area contributed by atoms with E-state index in [0.29, 0.717) is 45.8 Å². The molecule has 1 unspecified atom stereocenters. The number of H-pyrrole nitrogens is 1. The van der Waals surface area contributed by atoms with Crippen molar-refractivity contribution in [2.24, 2.45) is 0 Å². The van der Waals surface area contributed by atoms with Gasteiger partial charge in [-0.25, -0.2) is 19.3 Å². The lowest BCUT2D eigenvalue weighted by Gasteiger charge is -2.20. The van der Waals surface area contributed by atoms with Gasteiger partial charge in [-0.2, -0.15) is 0 Å². The number of anilines is 1. The van der Waals surface area contributed by atoms with Crippen LogP contribution < -0.4 is 5.32 Å². The summed E-state index contributed by atoms with van der Waals surface area (Å²) in [5.74, 6) is 0.870. The Balaban J connectivity index is 1.42. The summed E-state index contributed by atoms with van der Waals surface area (Å²) < 4.78 is 28.6. The number of hydrogen-bond acceptors (Lipinski definition) is 6. The number of aromatic amines is 1. The van der Waals surface area contributed by atoms with E-state index in [2.05, 4.69) is 31.3 Å². The quantitative estimate of drug-likeness (QED) is 0.398. The van der Waals surface area contributed by atoms with Crippen molar-refractivity contribution in [1.29, 1.82) is 0 Å². The first-order valence-corrected chi connectivity index (χ1v) is 12.3. The molecule has 6 rings (SSSR count). The van der Waals surface area contributed by atoms with Crippen LogP contribution in [0.2, 0.25) is 0 Å². The van der Waals surface area contributed by atoms with Gasteiger partial charge in [0.15, 0.2) is 22.8 Å². The van der Waals surface area contributed by atoms with Gasteiger partial charge < -0.3 is 10.3 Å². The maximum Gasteiger partial charge on any atom is 0.202 e. The fourth-order valence-electron chi connectivity index (χ4n) is 4.53. The second-order valence-electron chi connectivity index (χ2n) is 9.03. The first kappa shape index (κ1) is 20.9. The maximum absolute atomic E-state index is 13.9. The highest BCUT2D eigenvalue weighted by Gasteiger charge is 2.39. The summed E-state index contributed by atoms with van der Waals surface area (Å²) in [6.07, 6.45) is 5.45. The van der Waals surface area contributed by atoms with Crippen LogP contribution in [0.5, 0.6) is 0 Å². The molecule has 1 aromatic carbocycles. The lowest BCUT2D eigenvalue weighted by atomic mass is 10.1. The van der Waals surface area contributed by atoms with Crippen LogP contribution in [0.4, 0.5) is 10.2 Å². The van der Waals surface area contributed by atoms with Crippen molar-refractivity contribution >= 4 is 38.7 Å². The van der Waals surface area contributed by atoms with E-state index in [1.807, 2.05) is 42.8 Å². The fraction of sp³-hybridized carbons (Fsp3) is 0.250. The second kappa shape index (κ2) is 7.69. The minimum absolute atomic E-state index is 0.338. The summed E-state index contributed by atoms with van der Waals surface area (Å²) in [7, 11) is -1.23. The van der Waals surface area contributed by atoms with Crippen molar-refractivity contribution in [1.82, 2.24) is 29.5 Å². The van der Waals surface area contributed by atoms with E-state index >= 15 is 0 Å². The molecule has 1 aliphatic heterocycles. The van der Waals surface area contributed by atoms with Gasteiger partial charge in [-0.1, -0.05) is 18.2 Å². The van der Waals surface area contributed by atoms with E-state index in [1.54, 1.807) is 0 Å². The summed E-state index contributed by atoms with van der Waals surface area (Å²) in [5.41, 5.74) is 3.48. The van der Waals surface area contributed by atoms with E-state index in [0.717, 1.165) is 18.1 Å². The second-order valence-corrected chi connectivity index (χ2v) is 10.4.